The molecule has 142 valence electrons. The molecule has 2 aromatic heterocycles. The normalized spacial score (nSPS) is 23.3. The Morgan fingerprint density at radius 1 is 1.19 bits per heavy atom. The molecule has 1 amide bonds. The van der Waals surface area contributed by atoms with Crippen molar-refractivity contribution < 1.29 is 9.32 Å². The summed E-state index contributed by atoms with van der Waals surface area (Å²) < 4.78 is 5.34. The van der Waals surface area contributed by atoms with Gasteiger partial charge in [0.25, 0.3) is 5.89 Å². The van der Waals surface area contributed by atoms with Gasteiger partial charge in [-0.3, -0.25) is 4.79 Å². The lowest BCUT2D eigenvalue weighted by atomic mass is 10.1. The largest absolute Gasteiger partial charge is 0.370 e. The van der Waals surface area contributed by atoms with Crippen molar-refractivity contribution in [1.82, 2.24) is 20.0 Å². The lowest BCUT2D eigenvalue weighted by Gasteiger charge is -2.24. The zero-order chi connectivity index (χ0) is 18.2. The van der Waals surface area contributed by atoms with Crippen molar-refractivity contribution in [3.8, 4) is 11.5 Å². The number of nitrogens with one attached hydrogen (secondary N) is 1. The van der Waals surface area contributed by atoms with E-state index in [9.17, 15) is 4.79 Å². The SMILES string of the molecule is O=C1C[C@@H](CNc2ccc(-c3nc(C4CC4)no3)cn2)CN1C1CCCC1. The van der Waals surface area contributed by atoms with Crippen LogP contribution in [0.1, 0.15) is 56.7 Å². The minimum absolute atomic E-state index is 0.319. The highest BCUT2D eigenvalue weighted by Gasteiger charge is 2.35. The van der Waals surface area contributed by atoms with Crippen molar-refractivity contribution in [2.45, 2.75) is 56.9 Å². The van der Waals surface area contributed by atoms with Crippen LogP contribution < -0.4 is 5.32 Å². The van der Waals surface area contributed by atoms with Crippen molar-refractivity contribution in [2.75, 3.05) is 18.4 Å². The molecule has 1 N–H and O–H groups in total. The molecule has 27 heavy (non-hydrogen) atoms. The Balaban J connectivity index is 1.16. The van der Waals surface area contributed by atoms with E-state index in [1.165, 1.54) is 25.7 Å². The molecule has 5 rings (SSSR count). The molecule has 7 heteroatoms. The number of hydrogen-bond donors (Lipinski definition) is 1. The second-order valence-corrected chi connectivity index (χ2v) is 8.10. The first-order valence-electron chi connectivity index (χ1n) is 10.1. The quantitative estimate of drug-likeness (QED) is 0.844. The van der Waals surface area contributed by atoms with Crippen LogP contribution in [-0.2, 0) is 4.79 Å². The Morgan fingerprint density at radius 2 is 2.04 bits per heavy atom. The molecule has 0 radical (unpaired) electrons. The van der Waals surface area contributed by atoms with Crippen LogP contribution >= 0.6 is 0 Å². The van der Waals surface area contributed by atoms with E-state index in [2.05, 4.69) is 25.3 Å². The topological polar surface area (TPSA) is 84.2 Å². The van der Waals surface area contributed by atoms with Crippen molar-refractivity contribution >= 4 is 11.7 Å². The number of aromatic nitrogens is 3. The van der Waals surface area contributed by atoms with E-state index in [1.54, 1.807) is 6.20 Å². The number of nitrogens with zero attached hydrogens (tertiary/aromatic N) is 4. The molecule has 2 aromatic rings. The van der Waals surface area contributed by atoms with Crippen molar-refractivity contribution in [3.05, 3.63) is 24.2 Å². The van der Waals surface area contributed by atoms with Gasteiger partial charge in [-0.15, -0.1) is 0 Å². The summed E-state index contributed by atoms with van der Waals surface area (Å²) in [5.41, 5.74) is 0.836. The molecular weight excluding hydrogens is 342 g/mol. The summed E-state index contributed by atoms with van der Waals surface area (Å²) in [6.45, 7) is 1.65. The van der Waals surface area contributed by atoms with Gasteiger partial charge in [0.05, 0.1) is 5.56 Å². The first kappa shape index (κ1) is 16.7. The summed E-state index contributed by atoms with van der Waals surface area (Å²) in [4.78, 5) is 23.3. The molecule has 1 aliphatic heterocycles. The van der Waals surface area contributed by atoms with Crippen LogP contribution in [0.5, 0.6) is 0 Å². The number of carbonyl (C=O) groups excluding carboxylic acids is 1. The standard InChI is InChI=1S/C20H25N5O2/c26-18-9-13(12-25(18)16-3-1-2-4-16)10-21-17-8-7-15(11-22-17)20-23-19(24-27-20)14-5-6-14/h7-8,11,13-14,16H,1-6,9-10,12H2,(H,21,22)/t13-/m0/s1. The van der Waals surface area contributed by atoms with Gasteiger partial charge >= 0.3 is 0 Å². The third-order valence-electron chi connectivity index (χ3n) is 5.97. The van der Waals surface area contributed by atoms with E-state index in [0.717, 1.165) is 43.1 Å². The molecule has 3 heterocycles. The molecule has 3 aliphatic rings. The number of amides is 1. The van der Waals surface area contributed by atoms with Crippen molar-refractivity contribution in [3.63, 3.8) is 0 Å². The Morgan fingerprint density at radius 3 is 2.78 bits per heavy atom. The molecule has 0 aromatic carbocycles. The molecule has 0 spiro atoms. The lowest BCUT2D eigenvalue weighted by molar-refractivity contribution is -0.129. The maximum absolute atomic E-state index is 12.3. The zero-order valence-corrected chi connectivity index (χ0v) is 15.4. The minimum Gasteiger partial charge on any atom is -0.370 e. The van der Waals surface area contributed by atoms with E-state index >= 15 is 0 Å². The van der Waals surface area contributed by atoms with Gasteiger partial charge in [0, 0.05) is 43.6 Å². The van der Waals surface area contributed by atoms with E-state index < -0.39 is 0 Å². The Bertz CT molecular complexity index is 808. The van der Waals surface area contributed by atoms with Crippen LogP contribution in [0, 0.1) is 5.92 Å². The predicted molar refractivity (Wildman–Crippen MR) is 100 cm³/mol. The third kappa shape index (κ3) is 3.55. The summed E-state index contributed by atoms with van der Waals surface area (Å²) in [5, 5.41) is 7.42. The number of rotatable bonds is 6. The molecular formula is C20H25N5O2. The van der Waals surface area contributed by atoms with Gasteiger partial charge in [-0.1, -0.05) is 18.0 Å². The van der Waals surface area contributed by atoms with Gasteiger partial charge in [0.15, 0.2) is 5.82 Å². The highest BCUT2D eigenvalue weighted by Crippen LogP contribution is 2.38. The second kappa shape index (κ2) is 6.94. The summed E-state index contributed by atoms with van der Waals surface area (Å²) in [5.74, 6) is 3.31. The number of pyridine rings is 1. The van der Waals surface area contributed by atoms with E-state index in [-0.39, 0.29) is 0 Å². The highest BCUT2D eigenvalue weighted by molar-refractivity contribution is 5.79. The molecule has 2 aliphatic carbocycles. The average Bonchev–Trinajstić information content (AvgIpc) is 3.10. The Labute approximate surface area is 158 Å². The van der Waals surface area contributed by atoms with Crippen LogP contribution in [0.2, 0.25) is 0 Å². The van der Waals surface area contributed by atoms with Gasteiger partial charge in [0.1, 0.15) is 5.82 Å². The zero-order valence-electron chi connectivity index (χ0n) is 15.4. The Hall–Kier alpha value is -2.44. The maximum atomic E-state index is 12.3. The van der Waals surface area contributed by atoms with Gasteiger partial charge in [-0.2, -0.15) is 4.98 Å². The summed E-state index contributed by atoms with van der Waals surface area (Å²) in [7, 11) is 0. The number of hydrogen-bond acceptors (Lipinski definition) is 6. The molecule has 7 nitrogen and oxygen atoms in total. The summed E-state index contributed by atoms with van der Waals surface area (Å²) >= 11 is 0. The fraction of sp³-hybridized carbons (Fsp3) is 0.600. The van der Waals surface area contributed by atoms with Crippen LogP contribution in [-0.4, -0.2) is 45.1 Å². The van der Waals surface area contributed by atoms with Crippen molar-refractivity contribution in [2.24, 2.45) is 5.92 Å². The fourth-order valence-electron chi connectivity index (χ4n) is 4.25. The lowest BCUT2D eigenvalue weighted by Crippen LogP contribution is -2.34. The average molecular weight is 367 g/mol. The maximum Gasteiger partial charge on any atom is 0.259 e. The van der Waals surface area contributed by atoms with Crippen LogP contribution in [0.3, 0.4) is 0 Å². The first-order chi connectivity index (χ1) is 13.3. The van der Waals surface area contributed by atoms with Gasteiger partial charge in [-0.25, -0.2) is 4.98 Å². The van der Waals surface area contributed by atoms with Crippen LogP contribution in [0.15, 0.2) is 22.9 Å². The van der Waals surface area contributed by atoms with E-state index in [1.807, 2.05) is 12.1 Å². The van der Waals surface area contributed by atoms with Crippen LogP contribution in [0.4, 0.5) is 5.82 Å². The molecule has 0 bridgehead atoms. The molecule has 0 unspecified atom stereocenters. The van der Waals surface area contributed by atoms with Gasteiger partial charge < -0.3 is 14.7 Å². The first-order valence-corrected chi connectivity index (χ1v) is 10.1. The van der Waals surface area contributed by atoms with Crippen molar-refractivity contribution in [1.29, 1.82) is 0 Å². The van der Waals surface area contributed by atoms with Gasteiger partial charge in [0.2, 0.25) is 5.91 Å². The molecule has 2 saturated carbocycles. The predicted octanol–water partition coefficient (Wildman–Crippen LogP) is 3.21. The number of anilines is 1. The number of carbonyl (C=O) groups is 1. The second-order valence-electron chi connectivity index (χ2n) is 8.10. The molecule has 3 fully saturated rings. The number of likely N-dealkylation sites (tertiary alicyclic amines) is 1. The molecule has 1 saturated heterocycles. The smallest absolute Gasteiger partial charge is 0.259 e. The molecule has 1 atom stereocenters. The fourth-order valence-corrected chi connectivity index (χ4v) is 4.25. The van der Waals surface area contributed by atoms with Crippen LogP contribution in [0.25, 0.3) is 11.5 Å². The van der Waals surface area contributed by atoms with E-state index in [4.69, 9.17) is 4.52 Å². The Kier molecular flexibility index (Phi) is 4.30. The monoisotopic (exact) mass is 367 g/mol. The third-order valence-corrected chi connectivity index (χ3v) is 5.97. The van der Waals surface area contributed by atoms with Gasteiger partial charge in [-0.05, 0) is 37.8 Å². The summed E-state index contributed by atoms with van der Waals surface area (Å²) in [6.07, 6.45) is 9.58. The summed E-state index contributed by atoms with van der Waals surface area (Å²) in [6, 6.07) is 4.36. The highest BCUT2D eigenvalue weighted by atomic mass is 16.5. The van der Waals surface area contributed by atoms with E-state index in [0.29, 0.717) is 36.1 Å². The minimum atomic E-state index is 0.319.